The number of benzene rings is 1. The van der Waals surface area contributed by atoms with Gasteiger partial charge in [-0.25, -0.2) is 13.1 Å². The molecule has 0 amide bonds. The predicted octanol–water partition coefficient (Wildman–Crippen LogP) is 1.50. The van der Waals surface area contributed by atoms with E-state index in [2.05, 4.69) is 26.0 Å². The zero-order chi connectivity index (χ0) is 15.5. The first-order valence-electron chi connectivity index (χ1n) is 6.76. The minimum atomic E-state index is -3.61. The zero-order valence-corrected chi connectivity index (χ0v) is 14.4. The molecule has 0 spiro atoms. The van der Waals surface area contributed by atoms with Crippen molar-refractivity contribution in [1.29, 1.82) is 0 Å². The third-order valence-electron chi connectivity index (χ3n) is 3.02. The smallest absolute Gasteiger partial charge is 0.241 e. The van der Waals surface area contributed by atoms with Crippen molar-refractivity contribution < 1.29 is 17.9 Å². The molecule has 6 nitrogen and oxygen atoms in total. The highest BCUT2D eigenvalue weighted by Crippen LogP contribution is 2.37. The van der Waals surface area contributed by atoms with Gasteiger partial charge in [0.15, 0.2) is 11.5 Å². The van der Waals surface area contributed by atoms with Gasteiger partial charge in [-0.15, -0.1) is 0 Å². The van der Waals surface area contributed by atoms with Crippen molar-refractivity contribution in [3.63, 3.8) is 0 Å². The fourth-order valence-corrected chi connectivity index (χ4v) is 4.15. The summed E-state index contributed by atoms with van der Waals surface area (Å²) in [5.74, 6) is 0.998. The summed E-state index contributed by atoms with van der Waals surface area (Å²) in [6, 6.07) is 3.16. The van der Waals surface area contributed by atoms with Crippen LogP contribution in [-0.4, -0.2) is 40.8 Å². The SMILES string of the molecule is CCN[C@H](C)CNS(=O)(=O)c1cc2c(cc1Br)OCCO2. The number of ether oxygens (including phenoxy) is 2. The summed E-state index contributed by atoms with van der Waals surface area (Å²) in [7, 11) is -3.61. The van der Waals surface area contributed by atoms with Crippen LogP contribution in [0.3, 0.4) is 0 Å². The normalized spacial score (nSPS) is 15.8. The summed E-state index contributed by atoms with van der Waals surface area (Å²) < 4.78 is 38.7. The van der Waals surface area contributed by atoms with E-state index in [0.29, 0.717) is 35.7 Å². The highest BCUT2D eigenvalue weighted by molar-refractivity contribution is 9.10. The van der Waals surface area contributed by atoms with E-state index >= 15 is 0 Å². The maximum absolute atomic E-state index is 12.4. The van der Waals surface area contributed by atoms with Crippen LogP contribution in [0, 0.1) is 0 Å². The van der Waals surface area contributed by atoms with Crippen LogP contribution in [0.5, 0.6) is 11.5 Å². The summed E-state index contributed by atoms with van der Waals surface area (Å²) >= 11 is 3.28. The molecule has 0 fully saturated rings. The molecule has 0 bridgehead atoms. The maximum atomic E-state index is 12.4. The van der Waals surface area contributed by atoms with E-state index in [-0.39, 0.29) is 10.9 Å². The molecule has 1 aromatic rings. The number of hydrogen-bond donors (Lipinski definition) is 2. The molecule has 2 N–H and O–H groups in total. The van der Waals surface area contributed by atoms with Gasteiger partial charge in [0.05, 0.1) is 0 Å². The number of sulfonamides is 1. The highest BCUT2D eigenvalue weighted by Gasteiger charge is 2.23. The standard InChI is InChI=1S/C13H19BrN2O4S/c1-3-15-9(2)8-16-21(17,18)13-7-12-11(6-10(13)14)19-4-5-20-12/h6-7,9,15-16H,3-5,8H2,1-2H3/t9-/m1/s1. The van der Waals surface area contributed by atoms with Gasteiger partial charge in [-0.05, 0) is 35.5 Å². The summed E-state index contributed by atoms with van der Waals surface area (Å²) in [5, 5.41) is 3.15. The Labute approximate surface area is 133 Å². The van der Waals surface area contributed by atoms with Crippen molar-refractivity contribution in [2.45, 2.75) is 24.8 Å². The van der Waals surface area contributed by atoms with E-state index in [1.54, 1.807) is 6.07 Å². The van der Waals surface area contributed by atoms with Gasteiger partial charge in [-0.2, -0.15) is 0 Å². The number of likely N-dealkylation sites (N-methyl/N-ethyl adjacent to an activating group) is 1. The van der Waals surface area contributed by atoms with Gasteiger partial charge in [-0.1, -0.05) is 6.92 Å². The molecule has 8 heteroatoms. The lowest BCUT2D eigenvalue weighted by Crippen LogP contribution is -2.38. The number of hydrogen-bond acceptors (Lipinski definition) is 5. The van der Waals surface area contributed by atoms with Gasteiger partial charge < -0.3 is 14.8 Å². The highest BCUT2D eigenvalue weighted by atomic mass is 79.9. The van der Waals surface area contributed by atoms with Gasteiger partial charge in [0.25, 0.3) is 0 Å². The van der Waals surface area contributed by atoms with Crippen LogP contribution in [0.1, 0.15) is 13.8 Å². The van der Waals surface area contributed by atoms with Crippen molar-refractivity contribution in [1.82, 2.24) is 10.0 Å². The van der Waals surface area contributed by atoms with Crippen molar-refractivity contribution >= 4 is 26.0 Å². The Morgan fingerprint density at radius 1 is 1.29 bits per heavy atom. The summed E-state index contributed by atoms with van der Waals surface area (Å²) in [5.41, 5.74) is 0. The molecule has 0 unspecified atom stereocenters. The third-order valence-corrected chi connectivity index (χ3v) is 5.40. The van der Waals surface area contributed by atoms with Crippen LogP contribution in [0.4, 0.5) is 0 Å². The fraction of sp³-hybridized carbons (Fsp3) is 0.538. The largest absolute Gasteiger partial charge is 0.486 e. The Bertz CT molecular complexity index is 606. The molecule has 0 radical (unpaired) electrons. The van der Waals surface area contributed by atoms with Gasteiger partial charge in [-0.3, -0.25) is 0 Å². The van der Waals surface area contributed by atoms with Crippen LogP contribution >= 0.6 is 15.9 Å². The first-order chi connectivity index (χ1) is 9.94. The van der Waals surface area contributed by atoms with E-state index in [9.17, 15) is 8.42 Å². The monoisotopic (exact) mass is 378 g/mol. The Morgan fingerprint density at radius 3 is 2.52 bits per heavy atom. The summed E-state index contributed by atoms with van der Waals surface area (Å²) in [6.45, 7) is 5.88. The number of halogens is 1. The van der Waals surface area contributed by atoms with Gasteiger partial charge in [0.1, 0.15) is 18.1 Å². The lowest BCUT2D eigenvalue weighted by molar-refractivity contribution is 0.171. The van der Waals surface area contributed by atoms with E-state index in [4.69, 9.17) is 9.47 Å². The average molecular weight is 379 g/mol. The molecule has 21 heavy (non-hydrogen) atoms. The number of fused-ring (bicyclic) bond motifs is 1. The minimum Gasteiger partial charge on any atom is -0.486 e. The summed E-state index contributed by atoms with van der Waals surface area (Å²) in [4.78, 5) is 0.149. The van der Waals surface area contributed by atoms with Crippen LogP contribution < -0.4 is 19.5 Å². The van der Waals surface area contributed by atoms with Crippen LogP contribution in [0.15, 0.2) is 21.5 Å². The van der Waals surface area contributed by atoms with Crippen molar-refractivity contribution in [2.24, 2.45) is 0 Å². The average Bonchev–Trinajstić information content (AvgIpc) is 2.45. The molecule has 1 aliphatic heterocycles. The number of rotatable bonds is 6. The molecule has 0 saturated carbocycles. The second-order valence-corrected chi connectivity index (χ2v) is 7.33. The second kappa shape index (κ2) is 6.95. The van der Waals surface area contributed by atoms with Gasteiger partial charge in [0, 0.05) is 23.1 Å². The summed E-state index contributed by atoms with van der Waals surface area (Å²) in [6.07, 6.45) is 0. The van der Waals surface area contributed by atoms with E-state index in [0.717, 1.165) is 6.54 Å². The van der Waals surface area contributed by atoms with Crippen molar-refractivity contribution in [3.8, 4) is 11.5 Å². The van der Waals surface area contributed by atoms with Gasteiger partial charge in [0.2, 0.25) is 10.0 Å². The topological polar surface area (TPSA) is 76.7 Å². The molecular formula is C13H19BrN2O4S. The van der Waals surface area contributed by atoms with E-state index < -0.39 is 10.0 Å². The molecule has 1 aromatic carbocycles. The van der Waals surface area contributed by atoms with E-state index in [1.807, 2.05) is 13.8 Å². The number of nitrogens with one attached hydrogen (secondary N) is 2. The fourth-order valence-electron chi connectivity index (χ4n) is 1.98. The molecule has 0 saturated heterocycles. The Balaban J connectivity index is 2.19. The van der Waals surface area contributed by atoms with Crippen LogP contribution in [-0.2, 0) is 10.0 Å². The zero-order valence-electron chi connectivity index (χ0n) is 12.0. The van der Waals surface area contributed by atoms with Crippen LogP contribution in [0.25, 0.3) is 0 Å². The lowest BCUT2D eigenvalue weighted by atomic mass is 10.3. The molecular weight excluding hydrogens is 360 g/mol. The van der Waals surface area contributed by atoms with Crippen LogP contribution in [0.2, 0.25) is 0 Å². The first-order valence-corrected chi connectivity index (χ1v) is 9.04. The first kappa shape index (κ1) is 16.5. The quantitative estimate of drug-likeness (QED) is 0.784. The second-order valence-electron chi connectivity index (χ2n) is 4.74. The molecule has 1 atom stereocenters. The van der Waals surface area contributed by atoms with Crippen molar-refractivity contribution in [3.05, 3.63) is 16.6 Å². The Morgan fingerprint density at radius 2 is 1.90 bits per heavy atom. The molecule has 2 rings (SSSR count). The Kier molecular flexibility index (Phi) is 5.48. The Hall–Kier alpha value is -0.830. The predicted molar refractivity (Wildman–Crippen MR) is 83.5 cm³/mol. The molecule has 1 aliphatic rings. The van der Waals surface area contributed by atoms with Crippen molar-refractivity contribution in [2.75, 3.05) is 26.3 Å². The van der Waals surface area contributed by atoms with Gasteiger partial charge >= 0.3 is 0 Å². The molecule has 0 aromatic heterocycles. The minimum absolute atomic E-state index is 0.0563. The third kappa shape index (κ3) is 4.09. The lowest BCUT2D eigenvalue weighted by Gasteiger charge is -2.20. The molecule has 1 heterocycles. The molecule has 0 aliphatic carbocycles. The maximum Gasteiger partial charge on any atom is 0.241 e. The van der Waals surface area contributed by atoms with E-state index in [1.165, 1.54) is 6.07 Å². The molecule has 118 valence electrons.